The lowest BCUT2D eigenvalue weighted by Crippen LogP contribution is -2.22. The number of benzene rings is 2. The first-order valence-corrected chi connectivity index (χ1v) is 11.2. The molecule has 164 valence electrons. The lowest BCUT2D eigenvalue weighted by molar-refractivity contribution is -0.116. The van der Waals surface area contributed by atoms with Gasteiger partial charge in [0.15, 0.2) is 0 Å². The third kappa shape index (κ3) is 5.34. The smallest absolute Gasteiger partial charge is 0.242 e. The van der Waals surface area contributed by atoms with Crippen LogP contribution in [0.15, 0.2) is 63.9 Å². The predicted molar refractivity (Wildman–Crippen MR) is 120 cm³/mol. The maximum atomic E-state index is 12.5. The Morgan fingerprint density at radius 1 is 1.06 bits per heavy atom. The first kappa shape index (κ1) is 22.6. The van der Waals surface area contributed by atoms with Crippen molar-refractivity contribution >= 4 is 21.6 Å². The summed E-state index contributed by atoms with van der Waals surface area (Å²) in [6.07, 6.45) is 0.635. The normalized spacial score (nSPS) is 11.5. The molecule has 0 aliphatic carbocycles. The fourth-order valence-electron chi connectivity index (χ4n) is 2.98. The van der Waals surface area contributed by atoms with Crippen LogP contribution < -0.4 is 10.1 Å². The van der Waals surface area contributed by atoms with E-state index in [1.165, 1.54) is 26.2 Å². The number of carbonyl (C=O) groups is 1. The Labute approximate surface area is 182 Å². The third-order valence-electron chi connectivity index (χ3n) is 4.90. The summed E-state index contributed by atoms with van der Waals surface area (Å²) in [6, 6.07) is 15.9. The molecule has 0 aliphatic heterocycles. The fraction of sp³-hybridized carbons (Fsp3) is 0.261. The van der Waals surface area contributed by atoms with E-state index in [1.807, 2.05) is 43.3 Å². The minimum absolute atomic E-state index is 0.133. The SMILES string of the molecule is COc1ccc(-c2ccc(CCC(=O)Nc3cc(S(=O)(=O)N(C)C)ccc3C)o2)cc1. The van der Waals surface area contributed by atoms with E-state index in [0.29, 0.717) is 17.9 Å². The van der Waals surface area contributed by atoms with Gasteiger partial charge >= 0.3 is 0 Å². The van der Waals surface area contributed by atoms with E-state index in [-0.39, 0.29) is 17.2 Å². The molecule has 0 spiro atoms. The van der Waals surface area contributed by atoms with Gasteiger partial charge in [-0.2, -0.15) is 0 Å². The van der Waals surface area contributed by atoms with Crippen molar-refractivity contribution in [3.63, 3.8) is 0 Å². The van der Waals surface area contributed by atoms with E-state index in [4.69, 9.17) is 9.15 Å². The molecule has 1 amide bonds. The highest BCUT2D eigenvalue weighted by atomic mass is 32.2. The van der Waals surface area contributed by atoms with E-state index in [1.54, 1.807) is 13.2 Å². The molecule has 8 heteroatoms. The second-order valence-corrected chi connectivity index (χ2v) is 9.46. The largest absolute Gasteiger partial charge is 0.497 e. The molecule has 0 aliphatic rings. The molecule has 31 heavy (non-hydrogen) atoms. The summed E-state index contributed by atoms with van der Waals surface area (Å²) >= 11 is 0. The molecule has 0 bridgehead atoms. The number of anilines is 1. The first-order chi connectivity index (χ1) is 14.7. The number of ether oxygens (including phenoxy) is 1. The van der Waals surface area contributed by atoms with Crippen LogP contribution in [0.1, 0.15) is 17.7 Å². The van der Waals surface area contributed by atoms with Crippen LogP contribution in [0.3, 0.4) is 0 Å². The zero-order chi connectivity index (χ0) is 22.6. The van der Waals surface area contributed by atoms with Crippen molar-refractivity contribution < 1.29 is 22.4 Å². The minimum atomic E-state index is -3.58. The minimum Gasteiger partial charge on any atom is -0.497 e. The average molecular weight is 443 g/mol. The van der Waals surface area contributed by atoms with Crippen LogP contribution in [0.2, 0.25) is 0 Å². The monoisotopic (exact) mass is 442 g/mol. The molecular formula is C23H26N2O5S. The lowest BCUT2D eigenvalue weighted by atomic mass is 10.1. The Bertz CT molecular complexity index is 1160. The molecule has 0 saturated heterocycles. The van der Waals surface area contributed by atoms with Gasteiger partial charge in [0.05, 0.1) is 12.0 Å². The van der Waals surface area contributed by atoms with Crippen LogP contribution in [0.4, 0.5) is 5.69 Å². The van der Waals surface area contributed by atoms with Gasteiger partial charge in [-0.1, -0.05) is 6.07 Å². The zero-order valence-corrected chi connectivity index (χ0v) is 18.8. The first-order valence-electron chi connectivity index (χ1n) is 9.77. The van der Waals surface area contributed by atoms with Crippen LogP contribution >= 0.6 is 0 Å². The van der Waals surface area contributed by atoms with Crippen LogP contribution in [0.25, 0.3) is 11.3 Å². The Hall–Kier alpha value is -3.10. The number of aryl methyl sites for hydroxylation is 2. The highest BCUT2D eigenvalue weighted by molar-refractivity contribution is 7.89. The second kappa shape index (κ2) is 9.36. The van der Waals surface area contributed by atoms with Crippen molar-refractivity contribution in [1.82, 2.24) is 4.31 Å². The molecule has 3 aromatic rings. The van der Waals surface area contributed by atoms with Crippen molar-refractivity contribution in [2.75, 3.05) is 26.5 Å². The molecular weight excluding hydrogens is 416 g/mol. The predicted octanol–water partition coefficient (Wildman–Crippen LogP) is 4.09. The summed E-state index contributed by atoms with van der Waals surface area (Å²) in [5.74, 6) is 1.96. The molecule has 0 fully saturated rings. The Morgan fingerprint density at radius 3 is 2.42 bits per heavy atom. The molecule has 0 saturated carbocycles. The number of nitrogens with one attached hydrogen (secondary N) is 1. The molecule has 1 heterocycles. The number of rotatable bonds is 8. The van der Waals surface area contributed by atoms with Gasteiger partial charge in [-0.25, -0.2) is 12.7 Å². The van der Waals surface area contributed by atoms with Gasteiger partial charge in [0.1, 0.15) is 17.3 Å². The summed E-state index contributed by atoms with van der Waals surface area (Å²) in [5, 5.41) is 2.81. The molecule has 3 rings (SSSR count). The number of sulfonamides is 1. The Morgan fingerprint density at radius 2 is 1.77 bits per heavy atom. The maximum Gasteiger partial charge on any atom is 0.242 e. The molecule has 0 radical (unpaired) electrons. The number of furan rings is 1. The van der Waals surface area contributed by atoms with Crippen LogP contribution in [0, 0.1) is 6.92 Å². The van der Waals surface area contributed by atoms with Crippen molar-refractivity contribution in [3.05, 3.63) is 65.9 Å². The lowest BCUT2D eigenvalue weighted by Gasteiger charge is -2.14. The summed E-state index contributed by atoms with van der Waals surface area (Å²) in [7, 11) is 0.977. The van der Waals surface area contributed by atoms with E-state index in [9.17, 15) is 13.2 Å². The van der Waals surface area contributed by atoms with Gasteiger partial charge in [-0.3, -0.25) is 4.79 Å². The second-order valence-electron chi connectivity index (χ2n) is 7.31. The van der Waals surface area contributed by atoms with Crippen molar-refractivity contribution in [2.24, 2.45) is 0 Å². The quantitative estimate of drug-likeness (QED) is 0.568. The van der Waals surface area contributed by atoms with E-state index < -0.39 is 10.0 Å². The molecule has 0 unspecified atom stereocenters. The van der Waals surface area contributed by atoms with Crippen LogP contribution in [-0.4, -0.2) is 39.8 Å². The van der Waals surface area contributed by atoms with Gasteiger partial charge in [0, 0.05) is 38.2 Å². The number of hydrogen-bond donors (Lipinski definition) is 1. The molecule has 7 nitrogen and oxygen atoms in total. The molecule has 2 aromatic carbocycles. The Kier molecular flexibility index (Phi) is 6.82. The number of methoxy groups -OCH3 is 1. The molecule has 1 aromatic heterocycles. The summed E-state index contributed by atoms with van der Waals surface area (Å²) in [4.78, 5) is 12.6. The molecule has 0 atom stereocenters. The maximum absolute atomic E-state index is 12.5. The number of amides is 1. The average Bonchev–Trinajstić information content (AvgIpc) is 3.22. The van der Waals surface area contributed by atoms with Gasteiger partial charge in [-0.15, -0.1) is 0 Å². The standard InChI is InChI=1S/C23H26N2O5S/c1-16-5-12-20(31(27,28)25(2)3)15-21(16)24-23(26)14-11-19-10-13-22(30-19)17-6-8-18(29-4)9-7-17/h5-10,12-13,15H,11,14H2,1-4H3,(H,24,26). The van der Waals surface area contributed by atoms with Crippen LogP contribution in [-0.2, 0) is 21.2 Å². The van der Waals surface area contributed by atoms with Gasteiger partial charge in [0.2, 0.25) is 15.9 Å². The highest BCUT2D eigenvalue weighted by Gasteiger charge is 2.19. The van der Waals surface area contributed by atoms with E-state index in [2.05, 4.69) is 5.32 Å². The number of carbonyl (C=O) groups excluding carboxylic acids is 1. The van der Waals surface area contributed by atoms with Crippen molar-refractivity contribution in [1.29, 1.82) is 0 Å². The number of hydrogen-bond acceptors (Lipinski definition) is 5. The number of nitrogens with zero attached hydrogens (tertiary/aromatic N) is 1. The fourth-order valence-corrected chi connectivity index (χ4v) is 3.91. The van der Waals surface area contributed by atoms with E-state index in [0.717, 1.165) is 26.9 Å². The molecule has 1 N–H and O–H groups in total. The Balaban J connectivity index is 1.64. The highest BCUT2D eigenvalue weighted by Crippen LogP contribution is 2.25. The topological polar surface area (TPSA) is 88.8 Å². The van der Waals surface area contributed by atoms with Gasteiger partial charge in [0.25, 0.3) is 0 Å². The third-order valence-corrected chi connectivity index (χ3v) is 6.71. The van der Waals surface area contributed by atoms with Crippen molar-refractivity contribution in [2.45, 2.75) is 24.7 Å². The summed E-state index contributed by atoms with van der Waals surface area (Å²) < 4.78 is 36.8. The van der Waals surface area contributed by atoms with E-state index >= 15 is 0 Å². The van der Waals surface area contributed by atoms with Gasteiger partial charge < -0.3 is 14.5 Å². The van der Waals surface area contributed by atoms with Crippen molar-refractivity contribution in [3.8, 4) is 17.1 Å². The van der Waals surface area contributed by atoms with Gasteiger partial charge in [-0.05, 0) is 61.0 Å². The van der Waals surface area contributed by atoms with Crippen LogP contribution in [0.5, 0.6) is 5.75 Å². The summed E-state index contributed by atoms with van der Waals surface area (Å²) in [5.41, 5.74) is 2.18. The zero-order valence-electron chi connectivity index (χ0n) is 18.0. The summed E-state index contributed by atoms with van der Waals surface area (Å²) in [6.45, 7) is 1.81.